The van der Waals surface area contributed by atoms with Crippen molar-refractivity contribution >= 4 is 28.5 Å². The van der Waals surface area contributed by atoms with E-state index in [0.717, 1.165) is 78.1 Å². The lowest BCUT2D eigenvalue weighted by atomic mass is 9.47. The Morgan fingerprint density at radius 3 is 2.46 bits per heavy atom. The van der Waals surface area contributed by atoms with Gasteiger partial charge in [0.1, 0.15) is 17.3 Å². The molecule has 10 unspecified atom stereocenters. The third-order valence-corrected chi connectivity index (χ3v) is 16.2. The highest BCUT2D eigenvalue weighted by molar-refractivity contribution is 5.95. The lowest BCUT2D eigenvalue weighted by molar-refractivity contribution is -0.225. The molecule has 57 heavy (non-hydrogen) atoms. The Balaban J connectivity index is 1.38. The number of likely N-dealkylation sites (N-methyl/N-ethyl adjacent to an activating group) is 1. The molecule has 0 radical (unpaired) electrons. The monoisotopic (exact) mass is 780 g/mol. The number of fused-ring (bicyclic) bond motifs is 6. The summed E-state index contributed by atoms with van der Waals surface area (Å²) in [4.78, 5) is 40.7. The van der Waals surface area contributed by atoms with Crippen LogP contribution in [-0.2, 0) is 41.1 Å². The molecule has 3 aromatic rings. The van der Waals surface area contributed by atoms with Crippen molar-refractivity contribution in [2.45, 2.75) is 88.0 Å². The molecule has 10 atom stereocenters. The van der Waals surface area contributed by atoms with Crippen LogP contribution in [0.2, 0.25) is 0 Å². The molecule has 6 aliphatic rings. The zero-order valence-electron chi connectivity index (χ0n) is 35.1. The summed E-state index contributed by atoms with van der Waals surface area (Å²) >= 11 is 0. The average Bonchev–Trinajstić information content (AvgIpc) is 3.87. The lowest BCUT2D eigenvalue weighted by Gasteiger charge is -2.63. The molecule has 0 amide bonds. The van der Waals surface area contributed by atoms with Crippen LogP contribution in [0.5, 0.6) is 5.75 Å². The highest BCUT2D eigenvalue weighted by Gasteiger charge is 2.79. The van der Waals surface area contributed by atoms with Gasteiger partial charge in [0, 0.05) is 91.1 Å². The summed E-state index contributed by atoms with van der Waals surface area (Å²) in [7, 11) is 8.07. The van der Waals surface area contributed by atoms with E-state index in [1.807, 2.05) is 19.2 Å². The maximum absolute atomic E-state index is 15.4. The third-order valence-electron chi connectivity index (χ3n) is 16.2. The number of carbonyl (C=O) groups excluding carboxylic acids is 2. The van der Waals surface area contributed by atoms with Crippen molar-refractivity contribution in [2.75, 3.05) is 73.1 Å². The van der Waals surface area contributed by atoms with Gasteiger partial charge in [-0.05, 0) is 72.7 Å². The first-order valence-electron chi connectivity index (χ1n) is 20.9. The number of aliphatic hydroxyl groups is 1. The smallest absolute Gasteiger partial charge is 0.342 e. The maximum Gasteiger partial charge on any atom is 0.342 e. The fourth-order valence-electron chi connectivity index (χ4n) is 13.7. The van der Waals surface area contributed by atoms with E-state index in [1.165, 1.54) is 14.2 Å². The number of hydrogen-bond acceptors (Lipinski definition) is 10. The molecule has 1 aromatic heterocycles. The van der Waals surface area contributed by atoms with Gasteiger partial charge in [-0.2, -0.15) is 0 Å². The van der Waals surface area contributed by atoms with Crippen molar-refractivity contribution in [3.63, 3.8) is 0 Å². The second kappa shape index (κ2) is 13.1. The van der Waals surface area contributed by atoms with Crippen LogP contribution in [0, 0.1) is 22.7 Å². The second-order valence-electron chi connectivity index (χ2n) is 18.7. The van der Waals surface area contributed by atoms with Crippen LogP contribution in [0.3, 0.4) is 0 Å². The van der Waals surface area contributed by atoms with Crippen molar-refractivity contribution in [3.05, 3.63) is 70.9 Å². The number of nitrogens with one attached hydrogen (secondary N) is 1. The first-order valence-corrected chi connectivity index (χ1v) is 20.9. The first-order chi connectivity index (χ1) is 27.2. The number of benzene rings is 2. The summed E-state index contributed by atoms with van der Waals surface area (Å²) in [5, 5.41) is 14.4. The SMILES string of the molecule is CCC12C=CCN3CCC4(c5cc(C6(C(=O)OC)CC7CN(CCc8c6[nH]c6ccccc86)CC(C)(C)C7C)c(OC)cc5N(C)C4C(O)(C(=O)OC)C1OC)C32. The van der Waals surface area contributed by atoms with Crippen molar-refractivity contribution in [1.82, 2.24) is 14.8 Å². The predicted molar refractivity (Wildman–Crippen MR) is 219 cm³/mol. The van der Waals surface area contributed by atoms with Gasteiger partial charge in [0.25, 0.3) is 0 Å². The Morgan fingerprint density at radius 1 is 1.00 bits per heavy atom. The molecule has 11 heteroatoms. The van der Waals surface area contributed by atoms with E-state index >= 15 is 4.79 Å². The van der Waals surface area contributed by atoms with E-state index in [9.17, 15) is 9.90 Å². The number of anilines is 1. The first kappa shape index (κ1) is 38.6. The summed E-state index contributed by atoms with van der Waals surface area (Å²) in [5.74, 6) is -0.0207. The molecule has 9 rings (SSSR count). The van der Waals surface area contributed by atoms with E-state index in [4.69, 9.17) is 18.9 Å². The quantitative estimate of drug-likeness (QED) is 0.256. The van der Waals surface area contributed by atoms with Gasteiger partial charge in [0.15, 0.2) is 0 Å². The second-order valence-corrected chi connectivity index (χ2v) is 18.7. The number of esters is 2. The number of rotatable bonds is 6. The number of piperidine rings is 1. The van der Waals surface area contributed by atoms with E-state index in [-0.39, 0.29) is 23.3 Å². The summed E-state index contributed by atoms with van der Waals surface area (Å²) in [6, 6.07) is 11.8. The van der Waals surface area contributed by atoms with Crippen LogP contribution in [0.1, 0.15) is 69.3 Å². The van der Waals surface area contributed by atoms with Gasteiger partial charge in [0.2, 0.25) is 5.60 Å². The number of H-pyrrole nitrogens is 1. The lowest BCUT2D eigenvalue weighted by Crippen LogP contribution is -2.81. The van der Waals surface area contributed by atoms with Crippen LogP contribution in [0.25, 0.3) is 10.9 Å². The molecule has 2 N–H and O–H groups in total. The molecule has 2 bridgehead atoms. The number of nitrogens with zero attached hydrogens (tertiary/aromatic N) is 3. The molecular formula is C46H60N4O7. The van der Waals surface area contributed by atoms with E-state index in [2.05, 4.69) is 83.8 Å². The van der Waals surface area contributed by atoms with Gasteiger partial charge < -0.3 is 38.8 Å². The van der Waals surface area contributed by atoms with Crippen LogP contribution >= 0.6 is 0 Å². The summed E-state index contributed by atoms with van der Waals surface area (Å²) in [6.45, 7) is 13.5. The standard InChI is InChI=1S/C46H60N4O7/c1-10-43-17-13-19-50-21-18-44(37(43)50)31-22-32(35(54-6)23-34(31)48(5)38(44)46(53,39(43)55-7)41(52)57-9)45(40(51)56-8)24-28-25-49(26-42(3,4)27(28)2)20-16-30-29-14-11-12-15-33(29)47-36(30)45/h11-15,17,22-23,27-28,37-39,47,53H,10,16,18-21,24-26H2,1-9H3. The van der Waals surface area contributed by atoms with Crippen LogP contribution in [-0.4, -0.2) is 124 Å². The highest BCUT2D eigenvalue weighted by Crippen LogP contribution is 2.68. The van der Waals surface area contributed by atoms with Gasteiger partial charge in [-0.25, -0.2) is 4.79 Å². The van der Waals surface area contributed by atoms with Crippen LogP contribution in [0.15, 0.2) is 48.6 Å². The van der Waals surface area contributed by atoms with Crippen LogP contribution < -0.4 is 9.64 Å². The Hall–Kier alpha value is -3.90. The van der Waals surface area contributed by atoms with Gasteiger partial charge in [-0.15, -0.1) is 0 Å². The van der Waals surface area contributed by atoms with E-state index in [0.29, 0.717) is 30.9 Å². The number of aromatic amines is 1. The minimum Gasteiger partial charge on any atom is -0.496 e. The number of aromatic nitrogens is 1. The largest absolute Gasteiger partial charge is 0.496 e. The fourth-order valence-corrected chi connectivity index (χ4v) is 13.7. The van der Waals surface area contributed by atoms with Crippen molar-refractivity contribution in [3.8, 4) is 5.75 Å². The number of hydrogen-bond donors (Lipinski definition) is 2. The average molecular weight is 781 g/mol. The third kappa shape index (κ3) is 4.74. The fraction of sp³-hybridized carbons (Fsp3) is 0.609. The zero-order chi connectivity index (χ0) is 40.4. The minimum absolute atomic E-state index is 0.0193. The van der Waals surface area contributed by atoms with Crippen molar-refractivity contribution in [2.24, 2.45) is 22.7 Å². The molecule has 5 aliphatic heterocycles. The number of carbonyl (C=O) groups is 2. The van der Waals surface area contributed by atoms with Crippen molar-refractivity contribution < 1.29 is 33.6 Å². The normalized spacial score (nSPS) is 37.6. The van der Waals surface area contributed by atoms with E-state index < -0.39 is 40.0 Å². The molecule has 1 saturated carbocycles. The molecule has 1 aliphatic carbocycles. The molecular weight excluding hydrogens is 721 g/mol. The molecule has 2 aromatic carbocycles. The Bertz CT molecular complexity index is 2160. The molecule has 3 fully saturated rings. The maximum atomic E-state index is 15.4. The summed E-state index contributed by atoms with van der Waals surface area (Å²) in [5.41, 5.74) is 0.806. The number of para-hydroxylation sites is 1. The highest BCUT2D eigenvalue weighted by atomic mass is 16.6. The van der Waals surface area contributed by atoms with Gasteiger partial charge in [-0.1, -0.05) is 58.0 Å². The summed E-state index contributed by atoms with van der Waals surface area (Å²) in [6.07, 6.45) is 6.08. The van der Waals surface area contributed by atoms with Gasteiger partial charge in [0.05, 0.1) is 27.4 Å². The Kier molecular flexibility index (Phi) is 8.84. The Morgan fingerprint density at radius 2 is 1.75 bits per heavy atom. The van der Waals surface area contributed by atoms with Crippen LogP contribution in [0.4, 0.5) is 5.69 Å². The molecule has 2 saturated heterocycles. The number of methoxy groups -OCH3 is 4. The topological polar surface area (TPSA) is 117 Å². The number of ether oxygens (including phenoxy) is 4. The molecule has 306 valence electrons. The minimum atomic E-state index is -2.04. The van der Waals surface area contributed by atoms with Crippen molar-refractivity contribution in [1.29, 1.82) is 0 Å². The molecule has 1 spiro atoms. The Labute approximate surface area is 336 Å². The van der Waals surface area contributed by atoms with Gasteiger partial charge in [-0.3, -0.25) is 9.69 Å². The molecule has 6 heterocycles. The predicted octanol–water partition coefficient (Wildman–Crippen LogP) is 5.21. The zero-order valence-corrected chi connectivity index (χ0v) is 35.1. The van der Waals surface area contributed by atoms with Gasteiger partial charge >= 0.3 is 11.9 Å². The van der Waals surface area contributed by atoms with E-state index in [1.54, 1.807) is 14.2 Å². The molecule has 11 nitrogen and oxygen atoms in total. The summed E-state index contributed by atoms with van der Waals surface area (Å²) < 4.78 is 24.3.